The lowest BCUT2D eigenvalue weighted by atomic mass is 10.1. The number of furan rings is 1. The molecule has 0 saturated carbocycles. The van der Waals surface area contributed by atoms with Gasteiger partial charge in [0.1, 0.15) is 5.58 Å². The Morgan fingerprint density at radius 1 is 1.42 bits per heavy atom. The Morgan fingerprint density at radius 3 is 2.89 bits per heavy atom. The summed E-state index contributed by atoms with van der Waals surface area (Å²) < 4.78 is 5.49. The van der Waals surface area contributed by atoms with Gasteiger partial charge >= 0.3 is 5.97 Å². The molecule has 0 bridgehead atoms. The van der Waals surface area contributed by atoms with Gasteiger partial charge in [0.2, 0.25) is 0 Å². The van der Waals surface area contributed by atoms with Crippen molar-refractivity contribution < 1.29 is 14.3 Å². The van der Waals surface area contributed by atoms with Crippen LogP contribution in [0.2, 0.25) is 0 Å². The predicted molar refractivity (Wildman–Crippen MR) is 74.3 cm³/mol. The Labute approximate surface area is 112 Å². The minimum Gasteiger partial charge on any atom is -0.481 e. The van der Waals surface area contributed by atoms with Crippen molar-refractivity contribution in [2.24, 2.45) is 0 Å². The van der Waals surface area contributed by atoms with Crippen LogP contribution in [-0.4, -0.2) is 35.6 Å². The van der Waals surface area contributed by atoms with Crippen LogP contribution in [0.5, 0.6) is 0 Å². The number of rotatable bonds is 6. The molecular weight excluding hydrogens is 242 g/mol. The molecule has 0 aliphatic rings. The Balaban J connectivity index is 1.97. The smallest absolute Gasteiger partial charge is 0.304 e. The fourth-order valence-electron chi connectivity index (χ4n) is 2.15. The largest absolute Gasteiger partial charge is 0.481 e. The van der Waals surface area contributed by atoms with E-state index in [9.17, 15) is 4.79 Å². The summed E-state index contributed by atoms with van der Waals surface area (Å²) >= 11 is 0. The molecule has 4 nitrogen and oxygen atoms in total. The van der Waals surface area contributed by atoms with Crippen LogP contribution in [0, 0.1) is 0 Å². The number of hydrogen-bond acceptors (Lipinski definition) is 3. The van der Waals surface area contributed by atoms with Gasteiger partial charge in [0.25, 0.3) is 0 Å². The van der Waals surface area contributed by atoms with E-state index in [4.69, 9.17) is 9.52 Å². The predicted octanol–water partition coefficient (Wildman–Crippen LogP) is 2.77. The SMILES string of the molecule is CC(CC(=O)O)N(C)CCc1coc2ccccc12. The summed E-state index contributed by atoms with van der Waals surface area (Å²) in [5.41, 5.74) is 2.07. The lowest BCUT2D eigenvalue weighted by Crippen LogP contribution is -2.32. The fourth-order valence-corrected chi connectivity index (χ4v) is 2.15. The van der Waals surface area contributed by atoms with Crippen molar-refractivity contribution in [3.8, 4) is 0 Å². The zero-order valence-electron chi connectivity index (χ0n) is 11.3. The van der Waals surface area contributed by atoms with Gasteiger partial charge in [-0.25, -0.2) is 0 Å². The lowest BCUT2D eigenvalue weighted by Gasteiger charge is -2.22. The number of hydrogen-bond donors (Lipinski definition) is 1. The molecule has 0 amide bonds. The second-order valence-corrected chi connectivity index (χ2v) is 4.93. The van der Waals surface area contributed by atoms with Gasteiger partial charge in [-0.2, -0.15) is 0 Å². The molecule has 1 unspecified atom stereocenters. The highest BCUT2D eigenvalue weighted by Crippen LogP contribution is 2.21. The number of benzene rings is 1. The van der Waals surface area contributed by atoms with E-state index < -0.39 is 5.97 Å². The maximum Gasteiger partial charge on any atom is 0.304 e. The second kappa shape index (κ2) is 5.89. The van der Waals surface area contributed by atoms with E-state index in [1.807, 2.05) is 32.2 Å². The van der Waals surface area contributed by atoms with E-state index in [0.717, 1.165) is 23.9 Å². The molecule has 2 aromatic rings. The first-order chi connectivity index (χ1) is 9.08. The molecule has 1 aromatic heterocycles. The van der Waals surface area contributed by atoms with Crippen molar-refractivity contribution in [2.45, 2.75) is 25.8 Å². The Kier molecular flexibility index (Phi) is 4.22. The summed E-state index contributed by atoms with van der Waals surface area (Å²) in [5, 5.41) is 9.93. The number of para-hydroxylation sites is 1. The van der Waals surface area contributed by atoms with Crippen molar-refractivity contribution in [1.82, 2.24) is 4.90 Å². The van der Waals surface area contributed by atoms with E-state index in [1.165, 1.54) is 5.56 Å². The second-order valence-electron chi connectivity index (χ2n) is 4.93. The average molecular weight is 261 g/mol. The van der Waals surface area contributed by atoms with Crippen LogP contribution in [0.25, 0.3) is 11.0 Å². The maximum atomic E-state index is 10.7. The van der Waals surface area contributed by atoms with Crippen LogP contribution >= 0.6 is 0 Å². The van der Waals surface area contributed by atoms with Gasteiger partial charge < -0.3 is 14.4 Å². The van der Waals surface area contributed by atoms with E-state index in [2.05, 4.69) is 11.0 Å². The zero-order chi connectivity index (χ0) is 13.8. The van der Waals surface area contributed by atoms with Gasteiger partial charge in [-0.1, -0.05) is 18.2 Å². The number of carboxylic acids is 1. The van der Waals surface area contributed by atoms with E-state index >= 15 is 0 Å². The molecule has 4 heteroatoms. The number of carboxylic acid groups (broad SMARTS) is 1. The number of aliphatic carboxylic acids is 1. The molecule has 0 fully saturated rings. The normalized spacial score (nSPS) is 13.0. The third kappa shape index (κ3) is 3.35. The first kappa shape index (κ1) is 13.6. The first-order valence-electron chi connectivity index (χ1n) is 6.45. The Morgan fingerprint density at radius 2 is 2.16 bits per heavy atom. The quantitative estimate of drug-likeness (QED) is 0.868. The molecule has 2 rings (SSSR count). The summed E-state index contributed by atoms with van der Waals surface area (Å²) in [6, 6.07) is 8.00. The molecule has 0 radical (unpaired) electrons. The van der Waals surface area contributed by atoms with Crippen molar-refractivity contribution in [3.05, 3.63) is 36.1 Å². The number of nitrogens with zero attached hydrogens (tertiary/aromatic N) is 1. The van der Waals surface area contributed by atoms with Gasteiger partial charge in [-0.05, 0) is 32.0 Å². The fraction of sp³-hybridized carbons (Fsp3) is 0.400. The molecule has 1 atom stereocenters. The van der Waals surface area contributed by atoms with Crippen LogP contribution in [0.3, 0.4) is 0 Å². The Bertz CT molecular complexity index is 561. The zero-order valence-corrected chi connectivity index (χ0v) is 11.3. The van der Waals surface area contributed by atoms with Gasteiger partial charge in [-0.15, -0.1) is 0 Å². The van der Waals surface area contributed by atoms with Crippen LogP contribution < -0.4 is 0 Å². The van der Waals surface area contributed by atoms with E-state index in [1.54, 1.807) is 6.26 Å². The van der Waals surface area contributed by atoms with Crippen LogP contribution in [0.4, 0.5) is 0 Å². The highest BCUT2D eigenvalue weighted by molar-refractivity contribution is 5.80. The lowest BCUT2D eigenvalue weighted by molar-refractivity contribution is -0.138. The molecule has 102 valence electrons. The molecule has 0 spiro atoms. The molecular formula is C15H19NO3. The summed E-state index contributed by atoms with van der Waals surface area (Å²) in [5.74, 6) is -0.756. The topological polar surface area (TPSA) is 53.7 Å². The summed E-state index contributed by atoms with van der Waals surface area (Å²) in [4.78, 5) is 12.7. The van der Waals surface area contributed by atoms with Crippen LogP contribution in [0.15, 0.2) is 34.9 Å². The molecule has 0 aliphatic carbocycles. The van der Waals surface area contributed by atoms with Crippen molar-refractivity contribution in [3.63, 3.8) is 0 Å². The molecule has 1 aromatic carbocycles. The monoisotopic (exact) mass is 261 g/mol. The number of fused-ring (bicyclic) bond motifs is 1. The number of likely N-dealkylation sites (N-methyl/N-ethyl adjacent to an activating group) is 1. The van der Waals surface area contributed by atoms with Gasteiger partial charge in [-0.3, -0.25) is 4.79 Å². The third-order valence-electron chi connectivity index (χ3n) is 3.52. The van der Waals surface area contributed by atoms with Crippen molar-refractivity contribution in [1.29, 1.82) is 0 Å². The summed E-state index contributed by atoms with van der Waals surface area (Å²) in [7, 11) is 1.95. The average Bonchev–Trinajstić information content (AvgIpc) is 2.78. The minimum absolute atomic E-state index is 0.0377. The minimum atomic E-state index is -0.756. The molecule has 0 aliphatic heterocycles. The van der Waals surface area contributed by atoms with Gasteiger partial charge in [0, 0.05) is 18.0 Å². The molecule has 1 N–H and O–H groups in total. The van der Waals surface area contributed by atoms with Crippen molar-refractivity contribution >= 4 is 16.9 Å². The van der Waals surface area contributed by atoms with E-state index in [-0.39, 0.29) is 12.5 Å². The molecule has 1 heterocycles. The highest BCUT2D eigenvalue weighted by Gasteiger charge is 2.13. The van der Waals surface area contributed by atoms with Crippen molar-refractivity contribution in [2.75, 3.05) is 13.6 Å². The molecule has 19 heavy (non-hydrogen) atoms. The first-order valence-corrected chi connectivity index (χ1v) is 6.45. The maximum absolute atomic E-state index is 10.7. The van der Waals surface area contributed by atoms with Crippen LogP contribution in [0.1, 0.15) is 18.9 Å². The van der Waals surface area contributed by atoms with Gasteiger partial charge in [0.05, 0.1) is 12.7 Å². The van der Waals surface area contributed by atoms with E-state index in [0.29, 0.717) is 0 Å². The molecule has 0 saturated heterocycles. The van der Waals surface area contributed by atoms with Crippen LogP contribution in [-0.2, 0) is 11.2 Å². The third-order valence-corrected chi connectivity index (χ3v) is 3.52. The Hall–Kier alpha value is -1.81. The standard InChI is InChI=1S/C15H19NO3/c1-11(9-15(17)18)16(2)8-7-12-10-19-14-6-4-3-5-13(12)14/h3-6,10-11H,7-9H2,1-2H3,(H,17,18). The van der Waals surface area contributed by atoms with Gasteiger partial charge in [0.15, 0.2) is 0 Å². The summed E-state index contributed by atoms with van der Waals surface area (Å²) in [6.45, 7) is 2.75. The highest BCUT2D eigenvalue weighted by atomic mass is 16.4. The number of carbonyl (C=O) groups is 1. The summed E-state index contributed by atoms with van der Waals surface area (Å²) in [6.07, 6.45) is 2.82.